The molecule has 2 bridgehead atoms. The maximum absolute atomic E-state index is 13.1. The average Bonchev–Trinajstić information content (AvgIpc) is 3.27. The third-order valence-electron chi connectivity index (χ3n) is 7.71. The summed E-state index contributed by atoms with van der Waals surface area (Å²) in [5.74, 6) is 1.98. The van der Waals surface area contributed by atoms with Gasteiger partial charge in [-0.15, -0.1) is 11.8 Å². The van der Waals surface area contributed by atoms with Crippen molar-refractivity contribution in [1.82, 2.24) is 10.2 Å². The van der Waals surface area contributed by atoms with Gasteiger partial charge in [0.1, 0.15) is 6.04 Å². The highest BCUT2D eigenvalue weighted by molar-refractivity contribution is 8.01. The fourth-order valence-corrected chi connectivity index (χ4v) is 7.76. The van der Waals surface area contributed by atoms with E-state index < -0.39 is 0 Å². The number of carbonyl (C=O) groups is 2. The highest BCUT2D eigenvalue weighted by atomic mass is 32.2. The van der Waals surface area contributed by atoms with Gasteiger partial charge in [0.25, 0.3) is 0 Å². The Morgan fingerprint density at radius 3 is 2.40 bits per heavy atom. The van der Waals surface area contributed by atoms with Crippen molar-refractivity contribution in [3.8, 4) is 0 Å². The van der Waals surface area contributed by atoms with Crippen LogP contribution in [-0.4, -0.2) is 39.9 Å². The van der Waals surface area contributed by atoms with Crippen molar-refractivity contribution in [2.75, 3.05) is 12.3 Å². The quantitative estimate of drug-likeness (QED) is 0.824. The maximum atomic E-state index is 13.1. The van der Waals surface area contributed by atoms with Crippen molar-refractivity contribution in [1.29, 1.82) is 0 Å². The van der Waals surface area contributed by atoms with E-state index in [-0.39, 0.29) is 22.7 Å². The predicted octanol–water partition coefficient (Wildman–Crippen LogP) is 3.85. The second kappa shape index (κ2) is 6.61. The molecule has 0 saturated carbocycles. The summed E-state index contributed by atoms with van der Waals surface area (Å²) in [5.41, 5.74) is 5.75. The van der Waals surface area contributed by atoms with Gasteiger partial charge in [0.05, 0.1) is 4.87 Å². The van der Waals surface area contributed by atoms with Crippen molar-refractivity contribution in [3.63, 3.8) is 0 Å². The number of benzene rings is 2. The van der Waals surface area contributed by atoms with E-state index in [4.69, 9.17) is 0 Å². The summed E-state index contributed by atoms with van der Waals surface area (Å²) in [4.78, 5) is 27.1. The first-order chi connectivity index (χ1) is 14.6. The molecule has 0 unspecified atom stereocenters. The standard InChI is InChI=1S/C25H26N2O2S/c1-25-11-10-22(28)27(25)21(14-30-25)24(29)26-13-15-12-20-16-6-2-4-8-18(16)23(15)19-9-5-3-7-17(19)20/h2-9,15,20-21,23H,10-14H2,1H3,(H,26,29)/t15-,20?,21+,23?,25-/m0/s1. The third-order valence-corrected chi connectivity index (χ3v) is 9.21. The van der Waals surface area contributed by atoms with Gasteiger partial charge in [0.15, 0.2) is 0 Å². The molecule has 2 aliphatic heterocycles. The fraction of sp³-hybridized carbons (Fsp3) is 0.440. The number of hydrogen-bond acceptors (Lipinski definition) is 3. The van der Waals surface area contributed by atoms with Crippen molar-refractivity contribution < 1.29 is 9.59 Å². The number of hydrogen-bond donors (Lipinski definition) is 1. The lowest BCUT2D eigenvalue weighted by molar-refractivity contribution is -0.138. The zero-order chi connectivity index (χ0) is 20.5. The minimum absolute atomic E-state index is 0.0180. The number of rotatable bonds is 3. The molecule has 2 heterocycles. The molecule has 0 aromatic heterocycles. The number of amides is 2. The molecule has 2 fully saturated rings. The molecule has 4 nitrogen and oxygen atoms in total. The number of carbonyl (C=O) groups excluding carboxylic acids is 2. The summed E-state index contributed by atoms with van der Waals surface area (Å²) in [5, 5.41) is 3.25. The molecule has 30 heavy (non-hydrogen) atoms. The third kappa shape index (κ3) is 2.54. The second-order valence-electron chi connectivity index (χ2n) is 9.29. The largest absolute Gasteiger partial charge is 0.354 e. The SMILES string of the molecule is C[C@]12CCC(=O)N1[C@@H](C(=O)NC[C@@H]1CC3c4ccccc4C1c1ccccc13)CS2. The van der Waals surface area contributed by atoms with Crippen LogP contribution >= 0.6 is 11.8 Å². The summed E-state index contributed by atoms with van der Waals surface area (Å²) < 4.78 is 0. The van der Waals surface area contributed by atoms with E-state index in [1.165, 1.54) is 22.3 Å². The Bertz CT molecular complexity index is 1010. The van der Waals surface area contributed by atoms with Crippen LogP contribution in [0.3, 0.4) is 0 Å². The van der Waals surface area contributed by atoms with Crippen molar-refractivity contribution in [2.45, 2.75) is 48.9 Å². The molecular formula is C25H26N2O2S. The lowest BCUT2D eigenvalue weighted by Crippen LogP contribution is -2.51. The van der Waals surface area contributed by atoms with Crippen LogP contribution in [0, 0.1) is 5.92 Å². The fourth-order valence-electron chi connectivity index (χ4n) is 6.32. The van der Waals surface area contributed by atoms with E-state index in [0.717, 1.165) is 12.8 Å². The zero-order valence-corrected chi connectivity index (χ0v) is 18.0. The Morgan fingerprint density at radius 2 is 1.73 bits per heavy atom. The molecule has 154 valence electrons. The molecule has 2 saturated heterocycles. The summed E-state index contributed by atoms with van der Waals surface area (Å²) in [6.07, 6.45) is 2.48. The van der Waals surface area contributed by atoms with Crippen LogP contribution in [0.25, 0.3) is 0 Å². The first-order valence-corrected chi connectivity index (χ1v) is 12.0. The van der Waals surface area contributed by atoms with Crippen molar-refractivity contribution in [3.05, 3.63) is 70.8 Å². The number of nitrogens with one attached hydrogen (secondary N) is 1. The van der Waals surface area contributed by atoms with Crippen LogP contribution in [0.5, 0.6) is 0 Å². The summed E-state index contributed by atoms with van der Waals surface area (Å²) >= 11 is 1.75. The van der Waals surface area contributed by atoms with E-state index in [1.54, 1.807) is 11.8 Å². The molecule has 0 spiro atoms. The van der Waals surface area contributed by atoms with Crippen LogP contribution in [-0.2, 0) is 9.59 Å². The minimum Gasteiger partial charge on any atom is -0.354 e. The van der Waals surface area contributed by atoms with Crippen molar-refractivity contribution >= 4 is 23.6 Å². The Balaban J connectivity index is 1.24. The lowest BCUT2D eigenvalue weighted by atomic mass is 9.59. The smallest absolute Gasteiger partial charge is 0.243 e. The number of thioether (sulfide) groups is 1. The molecular weight excluding hydrogens is 392 g/mol. The van der Waals surface area contributed by atoms with Gasteiger partial charge >= 0.3 is 0 Å². The molecule has 7 rings (SSSR count). The minimum atomic E-state index is -0.324. The lowest BCUT2D eigenvalue weighted by Gasteiger charge is -2.45. The molecule has 2 amide bonds. The molecule has 5 aliphatic rings. The highest BCUT2D eigenvalue weighted by Gasteiger charge is 2.53. The molecule has 0 radical (unpaired) electrons. The summed E-state index contributed by atoms with van der Waals surface area (Å²) in [6.45, 7) is 2.77. The summed E-state index contributed by atoms with van der Waals surface area (Å²) in [7, 11) is 0. The van der Waals surface area contributed by atoms with Crippen LogP contribution in [0.1, 0.15) is 60.3 Å². The topological polar surface area (TPSA) is 49.4 Å². The zero-order valence-electron chi connectivity index (χ0n) is 17.1. The summed E-state index contributed by atoms with van der Waals surface area (Å²) in [6, 6.07) is 17.3. The monoisotopic (exact) mass is 418 g/mol. The molecule has 1 N–H and O–H groups in total. The van der Waals surface area contributed by atoms with E-state index >= 15 is 0 Å². The van der Waals surface area contributed by atoms with Gasteiger partial charge in [0, 0.05) is 30.6 Å². The Labute approximate surface area is 181 Å². The second-order valence-corrected chi connectivity index (χ2v) is 10.8. The van der Waals surface area contributed by atoms with Gasteiger partial charge in [-0.25, -0.2) is 0 Å². The Hall–Kier alpha value is -2.27. The number of fused-ring (bicyclic) bond motifs is 2. The normalized spacial score (nSPS) is 33.2. The highest BCUT2D eigenvalue weighted by Crippen LogP contribution is 2.55. The van der Waals surface area contributed by atoms with Crippen molar-refractivity contribution in [2.24, 2.45) is 5.92 Å². The molecule has 3 aliphatic carbocycles. The van der Waals surface area contributed by atoms with E-state index in [0.29, 0.717) is 36.5 Å². The van der Waals surface area contributed by atoms with Gasteiger partial charge in [-0.05, 0) is 47.9 Å². The first-order valence-electron chi connectivity index (χ1n) is 11.0. The maximum Gasteiger partial charge on any atom is 0.243 e. The van der Waals surface area contributed by atoms with Crippen LogP contribution in [0.2, 0.25) is 0 Å². The number of nitrogens with zero attached hydrogens (tertiary/aromatic N) is 1. The first kappa shape index (κ1) is 18.5. The molecule has 5 heteroatoms. The van der Waals surface area contributed by atoms with Gasteiger partial charge < -0.3 is 10.2 Å². The van der Waals surface area contributed by atoms with Gasteiger partial charge in [-0.1, -0.05) is 48.5 Å². The molecule has 3 atom stereocenters. The Kier molecular flexibility index (Phi) is 4.08. The molecule has 2 aromatic carbocycles. The van der Waals surface area contributed by atoms with Crippen LogP contribution < -0.4 is 5.32 Å². The Morgan fingerprint density at radius 1 is 1.10 bits per heavy atom. The van der Waals surface area contributed by atoms with Gasteiger partial charge in [0.2, 0.25) is 11.8 Å². The average molecular weight is 419 g/mol. The van der Waals surface area contributed by atoms with Crippen LogP contribution in [0.4, 0.5) is 0 Å². The van der Waals surface area contributed by atoms with Crippen LogP contribution in [0.15, 0.2) is 48.5 Å². The van der Waals surface area contributed by atoms with E-state index in [2.05, 4.69) is 60.8 Å². The van der Waals surface area contributed by atoms with Gasteiger partial charge in [-0.3, -0.25) is 9.59 Å². The van der Waals surface area contributed by atoms with Gasteiger partial charge in [-0.2, -0.15) is 0 Å². The predicted molar refractivity (Wildman–Crippen MR) is 118 cm³/mol. The van der Waals surface area contributed by atoms with E-state index in [1.807, 2.05) is 4.90 Å². The molecule has 2 aromatic rings. The van der Waals surface area contributed by atoms with E-state index in [9.17, 15) is 9.59 Å².